The molecule has 0 aromatic heterocycles. The molecule has 0 aliphatic carbocycles. The molecule has 62 valence electrons. The summed E-state index contributed by atoms with van der Waals surface area (Å²) in [6.07, 6.45) is -1.76. The van der Waals surface area contributed by atoms with Gasteiger partial charge in [0.1, 0.15) is 6.07 Å². The zero-order valence-electron chi connectivity index (χ0n) is 5.89. The van der Waals surface area contributed by atoms with E-state index >= 15 is 0 Å². The molecule has 0 aliphatic heterocycles. The van der Waals surface area contributed by atoms with Gasteiger partial charge >= 0.3 is 0 Å². The van der Waals surface area contributed by atoms with Crippen molar-refractivity contribution in [3.63, 3.8) is 0 Å². The van der Waals surface area contributed by atoms with Crippen molar-refractivity contribution in [1.29, 1.82) is 5.26 Å². The maximum absolute atomic E-state index is 12.9. The molecular formula is C8H4Cl2FN. The quantitative estimate of drug-likeness (QED) is 0.686. The second-order valence-corrected chi connectivity index (χ2v) is 2.94. The van der Waals surface area contributed by atoms with E-state index in [9.17, 15) is 4.39 Å². The number of rotatable bonds is 1. The Kier molecular flexibility index (Phi) is 2.91. The van der Waals surface area contributed by atoms with Crippen molar-refractivity contribution < 1.29 is 4.39 Å². The SMILES string of the molecule is N#CC(F)c1c(Cl)cccc1Cl. The summed E-state index contributed by atoms with van der Waals surface area (Å²) in [6.45, 7) is 0. The van der Waals surface area contributed by atoms with Gasteiger partial charge in [-0.05, 0) is 12.1 Å². The standard InChI is InChI=1S/C8H4Cl2FN/c9-5-2-1-3-6(10)8(5)7(11)4-12/h1-3,7H. The Bertz CT molecular complexity index is 312. The van der Waals surface area contributed by atoms with Crippen molar-refractivity contribution >= 4 is 23.2 Å². The minimum Gasteiger partial charge on any atom is -0.226 e. The Morgan fingerprint density at radius 2 is 1.83 bits per heavy atom. The van der Waals surface area contributed by atoms with Crippen LogP contribution in [0, 0.1) is 11.3 Å². The van der Waals surface area contributed by atoms with E-state index in [4.69, 9.17) is 28.5 Å². The van der Waals surface area contributed by atoms with E-state index in [1.807, 2.05) is 0 Å². The fourth-order valence-corrected chi connectivity index (χ4v) is 1.41. The van der Waals surface area contributed by atoms with Crippen LogP contribution in [-0.4, -0.2) is 0 Å². The van der Waals surface area contributed by atoms with Gasteiger partial charge in [-0.1, -0.05) is 29.3 Å². The monoisotopic (exact) mass is 203 g/mol. The third kappa shape index (κ3) is 1.69. The molecule has 0 saturated heterocycles. The van der Waals surface area contributed by atoms with Crippen molar-refractivity contribution in [2.45, 2.75) is 6.17 Å². The average molecular weight is 204 g/mol. The molecule has 0 saturated carbocycles. The van der Waals surface area contributed by atoms with Gasteiger partial charge < -0.3 is 0 Å². The molecular weight excluding hydrogens is 200 g/mol. The molecule has 0 radical (unpaired) electrons. The zero-order chi connectivity index (χ0) is 9.14. The maximum Gasteiger partial charge on any atom is 0.214 e. The Morgan fingerprint density at radius 3 is 2.25 bits per heavy atom. The van der Waals surface area contributed by atoms with Gasteiger partial charge in [0, 0.05) is 15.6 Å². The second kappa shape index (κ2) is 3.75. The van der Waals surface area contributed by atoms with Gasteiger partial charge in [-0.3, -0.25) is 0 Å². The Hall–Kier alpha value is -0.780. The average Bonchev–Trinajstić information content (AvgIpc) is 2.03. The van der Waals surface area contributed by atoms with Crippen molar-refractivity contribution in [2.24, 2.45) is 0 Å². The predicted molar refractivity (Wildman–Crippen MR) is 45.9 cm³/mol. The topological polar surface area (TPSA) is 23.8 Å². The first kappa shape index (κ1) is 9.31. The lowest BCUT2D eigenvalue weighted by atomic mass is 10.1. The van der Waals surface area contributed by atoms with Crippen LogP contribution in [0.25, 0.3) is 0 Å². The molecule has 0 heterocycles. The van der Waals surface area contributed by atoms with Gasteiger partial charge in [-0.25, -0.2) is 4.39 Å². The molecule has 0 bridgehead atoms. The lowest BCUT2D eigenvalue weighted by molar-refractivity contribution is 0.424. The summed E-state index contributed by atoms with van der Waals surface area (Å²) in [5.41, 5.74) is 0.0448. The van der Waals surface area contributed by atoms with Gasteiger partial charge in [0.2, 0.25) is 6.17 Å². The fraction of sp³-hybridized carbons (Fsp3) is 0.125. The highest BCUT2D eigenvalue weighted by atomic mass is 35.5. The number of hydrogen-bond donors (Lipinski definition) is 0. The highest BCUT2D eigenvalue weighted by Gasteiger charge is 2.15. The van der Waals surface area contributed by atoms with Crippen LogP contribution in [0.2, 0.25) is 10.0 Å². The number of alkyl halides is 1. The molecule has 0 spiro atoms. The molecule has 0 amide bonds. The van der Waals surface area contributed by atoms with Gasteiger partial charge in [0.25, 0.3) is 0 Å². The number of nitriles is 1. The first-order valence-corrected chi connectivity index (χ1v) is 3.90. The van der Waals surface area contributed by atoms with E-state index < -0.39 is 6.17 Å². The van der Waals surface area contributed by atoms with Crippen LogP contribution in [-0.2, 0) is 0 Å². The maximum atomic E-state index is 12.9. The summed E-state index contributed by atoms with van der Waals surface area (Å²) in [5, 5.41) is 8.65. The van der Waals surface area contributed by atoms with Crippen molar-refractivity contribution in [1.82, 2.24) is 0 Å². The summed E-state index contributed by atoms with van der Waals surface area (Å²) in [5.74, 6) is 0. The highest BCUT2D eigenvalue weighted by molar-refractivity contribution is 6.36. The van der Waals surface area contributed by atoms with Crippen LogP contribution in [0.15, 0.2) is 18.2 Å². The van der Waals surface area contributed by atoms with E-state index in [1.165, 1.54) is 18.2 Å². The normalized spacial score (nSPS) is 12.2. The minimum atomic E-state index is -1.76. The Morgan fingerprint density at radius 1 is 1.33 bits per heavy atom. The lowest BCUT2D eigenvalue weighted by Gasteiger charge is -2.04. The predicted octanol–water partition coefficient (Wildman–Crippen LogP) is 3.53. The van der Waals surface area contributed by atoms with Crippen LogP contribution in [0.4, 0.5) is 4.39 Å². The van der Waals surface area contributed by atoms with E-state index in [2.05, 4.69) is 0 Å². The van der Waals surface area contributed by atoms with Crippen molar-refractivity contribution in [2.75, 3.05) is 0 Å². The van der Waals surface area contributed by atoms with E-state index in [-0.39, 0.29) is 15.6 Å². The van der Waals surface area contributed by atoms with Gasteiger partial charge in [0.05, 0.1) is 0 Å². The fourth-order valence-electron chi connectivity index (χ4n) is 0.817. The molecule has 4 heteroatoms. The van der Waals surface area contributed by atoms with E-state index in [0.717, 1.165) is 0 Å². The molecule has 1 atom stereocenters. The molecule has 0 N–H and O–H groups in total. The van der Waals surface area contributed by atoms with Gasteiger partial charge in [0.15, 0.2) is 0 Å². The molecule has 1 rings (SSSR count). The summed E-state index contributed by atoms with van der Waals surface area (Å²) < 4.78 is 12.9. The third-order valence-corrected chi connectivity index (χ3v) is 2.03. The summed E-state index contributed by atoms with van der Waals surface area (Å²) in [7, 11) is 0. The van der Waals surface area contributed by atoms with Crippen LogP contribution >= 0.6 is 23.2 Å². The molecule has 1 aromatic carbocycles. The number of nitrogens with zero attached hydrogens (tertiary/aromatic N) is 1. The Balaban J connectivity index is 3.23. The third-order valence-electron chi connectivity index (χ3n) is 1.37. The zero-order valence-corrected chi connectivity index (χ0v) is 7.40. The van der Waals surface area contributed by atoms with E-state index in [0.29, 0.717) is 0 Å². The summed E-state index contributed by atoms with van der Waals surface area (Å²) in [4.78, 5) is 0. The van der Waals surface area contributed by atoms with Crippen LogP contribution in [0.3, 0.4) is 0 Å². The first-order valence-electron chi connectivity index (χ1n) is 3.14. The number of hydrogen-bond acceptors (Lipinski definition) is 1. The molecule has 1 nitrogen and oxygen atoms in total. The van der Waals surface area contributed by atoms with Crippen LogP contribution in [0.5, 0.6) is 0 Å². The first-order chi connectivity index (χ1) is 5.66. The van der Waals surface area contributed by atoms with Crippen LogP contribution in [0.1, 0.15) is 11.7 Å². The largest absolute Gasteiger partial charge is 0.226 e. The number of halogens is 3. The van der Waals surface area contributed by atoms with Gasteiger partial charge in [-0.15, -0.1) is 0 Å². The Labute approximate surface area is 79.3 Å². The molecule has 0 aliphatic rings. The minimum absolute atomic E-state index is 0.0448. The summed E-state index contributed by atoms with van der Waals surface area (Å²) in [6, 6.07) is 6.01. The molecule has 0 fully saturated rings. The summed E-state index contributed by atoms with van der Waals surface area (Å²) >= 11 is 11.3. The molecule has 12 heavy (non-hydrogen) atoms. The smallest absolute Gasteiger partial charge is 0.214 e. The number of benzene rings is 1. The van der Waals surface area contributed by atoms with Crippen LogP contribution < -0.4 is 0 Å². The van der Waals surface area contributed by atoms with Crippen molar-refractivity contribution in [3.05, 3.63) is 33.8 Å². The molecule has 1 aromatic rings. The van der Waals surface area contributed by atoms with Gasteiger partial charge in [-0.2, -0.15) is 5.26 Å². The molecule has 1 unspecified atom stereocenters. The lowest BCUT2D eigenvalue weighted by Crippen LogP contribution is -1.90. The second-order valence-electron chi connectivity index (χ2n) is 2.13. The van der Waals surface area contributed by atoms with Crippen molar-refractivity contribution in [3.8, 4) is 6.07 Å². The highest BCUT2D eigenvalue weighted by Crippen LogP contribution is 2.31. The van der Waals surface area contributed by atoms with E-state index in [1.54, 1.807) is 6.07 Å².